The lowest BCUT2D eigenvalue weighted by molar-refractivity contribution is 0.251. The first-order valence-corrected chi connectivity index (χ1v) is 11.7. The lowest BCUT2D eigenvalue weighted by Crippen LogP contribution is -2.29. The predicted octanol–water partition coefficient (Wildman–Crippen LogP) is 6.19. The zero-order valence-electron chi connectivity index (χ0n) is 17.3. The number of hydrogen-bond acceptors (Lipinski definition) is 2. The second-order valence-electron chi connectivity index (χ2n) is 8.36. The number of likely N-dealkylation sites (tertiary alicyclic amines) is 2. The van der Waals surface area contributed by atoms with Crippen LogP contribution in [0.2, 0.25) is 0 Å². The van der Waals surface area contributed by atoms with Gasteiger partial charge in [0.05, 0.1) is 0 Å². The minimum atomic E-state index is 1.19. The van der Waals surface area contributed by atoms with Crippen molar-refractivity contribution in [3.05, 3.63) is 24.3 Å². The summed E-state index contributed by atoms with van der Waals surface area (Å²) in [5.74, 6) is 0. The summed E-state index contributed by atoms with van der Waals surface area (Å²) < 4.78 is 0. The van der Waals surface area contributed by atoms with Crippen molar-refractivity contribution < 1.29 is 0 Å². The Hall–Kier alpha value is -0.600. The second-order valence-corrected chi connectivity index (χ2v) is 8.36. The van der Waals surface area contributed by atoms with Crippen LogP contribution >= 0.6 is 0 Å². The number of nitrogens with zero attached hydrogens (tertiary/aromatic N) is 2. The molecule has 0 bridgehead atoms. The van der Waals surface area contributed by atoms with Crippen LogP contribution in [0, 0.1) is 0 Å². The van der Waals surface area contributed by atoms with Crippen LogP contribution in [0.4, 0.5) is 0 Å². The van der Waals surface area contributed by atoms with Crippen molar-refractivity contribution in [1.82, 2.24) is 9.80 Å². The van der Waals surface area contributed by atoms with Gasteiger partial charge in [0.2, 0.25) is 0 Å². The maximum absolute atomic E-state index is 2.60. The lowest BCUT2D eigenvalue weighted by atomic mass is 10.1. The van der Waals surface area contributed by atoms with Crippen molar-refractivity contribution in [3.63, 3.8) is 0 Å². The van der Waals surface area contributed by atoms with Crippen LogP contribution in [-0.2, 0) is 0 Å². The monoisotopic (exact) mass is 360 g/mol. The first-order chi connectivity index (χ1) is 12.9. The Labute approximate surface area is 163 Å². The van der Waals surface area contributed by atoms with Gasteiger partial charge in [-0.2, -0.15) is 0 Å². The Morgan fingerprint density at radius 2 is 0.808 bits per heavy atom. The molecular formula is C24H44N2. The molecule has 0 aliphatic carbocycles. The summed E-state index contributed by atoms with van der Waals surface area (Å²) in [5.41, 5.74) is 0. The van der Waals surface area contributed by atoms with Gasteiger partial charge in [-0.15, -0.1) is 0 Å². The van der Waals surface area contributed by atoms with E-state index in [0.717, 1.165) is 0 Å². The average Bonchev–Trinajstić information content (AvgIpc) is 2.70. The van der Waals surface area contributed by atoms with Gasteiger partial charge in [-0.3, -0.25) is 9.80 Å². The summed E-state index contributed by atoms with van der Waals surface area (Å²) in [5, 5.41) is 0. The quantitative estimate of drug-likeness (QED) is 0.285. The molecule has 2 saturated heterocycles. The summed E-state index contributed by atoms with van der Waals surface area (Å²) in [6.07, 6.45) is 29.2. The van der Waals surface area contributed by atoms with Crippen LogP contribution in [0.5, 0.6) is 0 Å². The van der Waals surface area contributed by atoms with Crippen molar-refractivity contribution in [3.8, 4) is 0 Å². The second kappa shape index (κ2) is 15.5. The van der Waals surface area contributed by atoms with Crippen LogP contribution in [0.25, 0.3) is 0 Å². The Morgan fingerprint density at radius 3 is 1.23 bits per heavy atom. The van der Waals surface area contributed by atoms with E-state index in [1.807, 2.05) is 0 Å². The first kappa shape index (κ1) is 21.7. The third-order valence-corrected chi connectivity index (χ3v) is 5.95. The largest absolute Gasteiger partial charge is 0.300 e. The van der Waals surface area contributed by atoms with Crippen LogP contribution < -0.4 is 0 Å². The minimum absolute atomic E-state index is 1.19. The molecule has 2 aliphatic rings. The number of rotatable bonds is 13. The summed E-state index contributed by atoms with van der Waals surface area (Å²) in [6, 6.07) is 0. The van der Waals surface area contributed by atoms with E-state index in [9.17, 15) is 0 Å². The molecule has 150 valence electrons. The third kappa shape index (κ3) is 11.2. The number of piperidine rings is 2. The van der Waals surface area contributed by atoms with Crippen molar-refractivity contribution in [2.75, 3.05) is 39.3 Å². The fourth-order valence-electron chi connectivity index (χ4n) is 4.20. The highest BCUT2D eigenvalue weighted by atomic mass is 15.1. The SMILES string of the molecule is C(=CCN1CCCCC1)CCCCCCCCC=CCN1CCCCC1. The summed E-state index contributed by atoms with van der Waals surface area (Å²) in [7, 11) is 0. The molecule has 0 atom stereocenters. The van der Waals surface area contributed by atoms with Gasteiger partial charge in [0.25, 0.3) is 0 Å². The lowest BCUT2D eigenvalue weighted by Gasteiger charge is -2.24. The molecule has 0 saturated carbocycles. The topological polar surface area (TPSA) is 6.48 Å². The molecule has 0 spiro atoms. The molecule has 0 aromatic rings. The van der Waals surface area contributed by atoms with Gasteiger partial charge >= 0.3 is 0 Å². The van der Waals surface area contributed by atoms with Crippen LogP contribution in [0.15, 0.2) is 24.3 Å². The molecule has 2 rings (SSSR count). The van der Waals surface area contributed by atoms with Gasteiger partial charge in [0, 0.05) is 13.1 Å². The standard InChI is InChI=1S/C24H44N2/c1(3-5-7-9-13-19-25-21-15-11-16-22-25)2-4-6-8-10-14-20-26-23-17-12-18-24-26/h9-10,13-14H,1-8,11-12,15-24H2. The number of allylic oxidation sites excluding steroid dienone is 2. The Balaban J connectivity index is 1.29. The molecule has 0 amide bonds. The molecular weight excluding hydrogens is 316 g/mol. The van der Waals surface area contributed by atoms with Crippen molar-refractivity contribution in [1.29, 1.82) is 0 Å². The Bertz CT molecular complexity index is 326. The molecule has 2 fully saturated rings. The Kier molecular flexibility index (Phi) is 12.9. The van der Waals surface area contributed by atoms with Crippen LogP contribution in [0.3, 0.4) is 0 Å². The average molecular weight is 361 g/mol. The molecule has 2 heteroatoms. The molecule has 2 aliphatic heterocycles. The molecule has 2 nitrogen and oxygen atoms in total. The van der Waals surface area contributed by atoms with E-state index in [2.05, 4.69) is 34.1 Å². The number of unbranched alkanes of at least 4 members (excludes halogenated alkanes) is 7. The third-order valence-electron chi connectivity index (χ3n) is 5.95. The van der Waals surface area contributed by atoms with E-state index >= 15 is 0 Å². The molecule has 0 aromatic heterocycles. The van der Waals surface area contributed by atoms with Gasteiger partial charge in [-0.05, 0) is 77.5 Å². The van der Waals surface area contributed by atoms with E-state index in [-0.39, 0.29) is 0 Å². The van der Waals surface area contributed by atoms with E-state index in [1.165, 1.54) is 129 Å². The highest BCUT2D eigenvalue weighted by Crippen LogP contribution is 2.11. The highest BCUT2D eigenvalue weighted by molar-refractivity contribution is 4.86. The molecule has 26 heavy (non-hydrogen) atoms. The molecule has 0 radical (unpaired) electrons. The van der Waals surface area contributed by atoms with Gasteiger partial charge in [0.1, 0.15) is 0 Å². The maximum atomic E-state index is 2.60. The predicted molar refractivity (Wildman–Crippen MR) is 116 cm³/mol. The molecule has 0 aromatic carbocycles. The van der Waals surface area contributed by atoms with Crippen molar-refractivity contribution in [2.24, 2.45) is 0 Å². The van der Waals surface area contributed by atoms with Crippen LogP contribution in [0.1, 0.15) is 89.9 Å². The zero-order chi connectivity index (χ0) is 18.1. The van der Waals surface area contributed by atoms with Crippen LogP contribution in [-0.4, -0.2) is 49.1 Å². The Morgan fingerprint density at radius 1 is 0.423 bits per heavy atom. The summed E-state index contributed by atoms with van der Waals surface area (Å²) in [6.45, 7) is 7.64. The van der Waals surface area contributed by atoms with Gasteiger partial charge in [-0.25, -0.2) is 0 Å². The normalized spacial score (nSPS) is 20.5. The fraction of sp³-hybridized carbons (Fsp3) is 0.833. The smallest absolute Gasteiger partial charge is 0.0163 e. The van der Waals surface area contributed by atoms with Gasteiger partial charge in [-0.1, -0.05) is 62.8 Å². The zero-order valence-corrected chi connectivity index (χ0v) is 17.3. The van der Waals surface area contributed by atoms with Gasteiger partial charge < -0.3 is 0 Å². The van der Waals surface area contributed by atoms with E-state index < -0.39 is 0 Å². The van der Waals surface area contributed by atoms with Gasteiger partial charge in [0.15, 0.2) is 0 Å². The first-order valence-electron chi connectivity index (χ1n) is 11.7. The summed E-state index contributed by atoms with van der Waals surface area (Å²) in [4.78, 5) is 5.20. The highest BCUT2D eigenvalue weighted by Gasteiger charge is 2.07. The molecule has 2 heterocycles. The molecule has 0 N–H and O–H groups in total. The maximum Gasteiger partial charge on any atom is 0.0163 e. The number of hydrogen-bond donors (Lipinski definition) is 0. The van der Waals surface area contributed by atoms with Crippen molar-refractivity contribution >= 4 is 0 Å². The van der Waals surface area contributed by atoms with Crippen molar-refractivity contribution in [2.45, 2.75) is 89.9 Å². The van der Waals surface area contributed by atoms with E-state index in [1.54, 1.807) is 0 Å². The minimum Gasteiger partial charge on any atom is -0.300 e. The fourth-order valence-corrected chi connectivity index (χ4v) is 4.20. The van der Waals surface area contributed by atoms with E-state index in [0.29, 0.717) is 0 Å². The molecule has 0 unspecified atom stereocenters. The van der Waals surface area contributed by atoms with E-state index in [4.69, 9.17) is 0 Å². The summed E-state index contributed by atoms with van der Waals surface area (Å²) >= 11 is 0.